The lowest BCUT2D eigenvalue weighted by molar-refractivity contribution is -0.384. The minimum absolute atomic E-state index is 0.0247. The van der Waals surface area contributed by atoms with Crippen molar-refractivity contribution in [2.75, 3.05) is 13.2 Å². The van der Waals surface area contributed by atoms with Gasteiger partial charge in [0.25, 0.3) is 17.5 Å². The molecule has 2 aromatic rings. The Kier molecular flexibility index (Phi) is 4.51. The average Bonchev–Trinajstić information content (AvgIpc) is 2.87. The molecule has 0 radical (unpaired) electrons. The first-order valence-corrected chi connectivity index (χ1v) is 7.43. The van der Waals surface area contributed by atoms with Gasteiger partial charge in [-0.2, -0.15) is 0 Å². The molecular formula is C17H13N3O5. The van der Waals surface area contributed by atoms with E-state index in [1.807, 2.05) is 0 Å². The van der Waals surface area contributed by atoms with Crippen LogP contribution in [0.2, 0.25) is 0 Å². The molecule has 25 heavy (non-hydrogen) atoms. The predicted molar refractivity (Wildman–Crippen MR) is 88.5 cm³/mol. The van der Waals surface area contributed by atoms with Crippen LogP contribution in [-0.4, -0.2) is 41.0 Å². The Balaban J connectivity index is 1.54. The van der Waals surface area contributed by atoms with Gasteiger partial charge in [-0.15, -0.1) is 0 Å². The van der Waals surface area contributed by atoms with Crippen LogP contribution in [0, 0.1) is 10.1 Å². The molecule has 0 aliphatic carbocycles. The van der Waals surface area contributed by atoms with E-state index in [2.05, 4.69) is 5.16 Å². The van der Waals surface area contributed by atoms with Crippen LogP contribution in [0.3, 0.4) is 0 Å². The van der Waals surface area contributed by atoms with Gasteiger partial charge in [-0.3, -0.25) is 24.6 Å². The minimum Gasteiger partial charge on any atom is -0.394 e. The molecule has 8 heteroatoms. The summed E-state index contributed by atoms with van der Waals surface area (Å²) in [5.74, 6) is -0.710. The van der Waals surface area contributed by atoms with Gasteiger partial charge in [-0.1, -0.05) is 29.4 Å². The number of carbonyl (C=O) groups excluding carboxylic acids is 2. The maximum atomic E-state index is 12.1. The van der Waals surface area contributed by atoms with Crippen molar-refractivity contribution in [1.82, 2.24) is 4.90 Å². The fourth-order valence-electron chi connectivity index (χ4n) is 2.44. The number of amides is 2. The first kappa shape index (κ1) is 16.3. The summed E-state index contributed by atoms with van der Waals surface area (Å²) in [6, 6.07) is 12.5. The highest BCUT2D eigenvalue weighted by atomic mass is 16.6. The van der Waals surface area contributed by atoms with E-state index in [9.17, 15) is 19.7 Å². The standard InChI is InChI=1S/C17H13N3O5/c21-16-14-6-1-2-7-15(14)17(22)19(16)8-9-25-18-11-12-4-3-5-13(10-12)20(23)24/h1-7,10-11H,8-9H2/b18-11-. The van der Waals surface area contributed by atoms with E-state index in [1.54, 1.807) is 30.3 Å². The summed E-state index contributed by atoms with van der Waals surface area (Å²) < 4.78 is 0. The van der Waals surface area contributed by atoms with Crippen molar-refractivity contribution in [3.63, 3.8) is 0 Å². The number of benzene rings is 2. The third-order valence-electron chi connectivity index (χ3n) is 3.64. The van der Waals surface area contributed by atoms with Crippen LogP contribution < -0.4 is 0 Å². The monoisotopic (exact) mass is 339 g/mol. The van der Waals surface area contributed by atoms with Crippen LogP contribution in [0.25, 0.3) is 0 Å². The number of non-ortho nitro benzene ring substituents is 1. The van der Waals surface area contributed by atoms with Crippen LogP contribution in [0.15, 0.2) is 53.7 Å². The maximum Gasteiger partial charge on any atom is 0.270 e. The SMILES string of the molecule is O=C1c2ccccc2C(=O)N1CCO/N=C\c1cccc([N+](=O)[O-])c1. The molecule has 0 bridgehead atoms. The lowest BCUT2D eigenvalue weighted by Crippen LogP contribution is -2.32. The van der Waals surface area contributed by atoms with Gasteiger partial charge in [0.15, 0.2) is 0 Å². The number of fused-ring (bicyclic) bond motifs is 1. The van der Waals surface area contributed by atoms with Crippen molar-refractivity contribution < 1.29 is 19.3 Å². The van der Waals surface area contributed by atoms with E-state index in [-0.39, 0.29) is 30.7 Å². The summed E-state index contributed by atoms with van der Waals surface area (Å²) in [6.45, 7) is 0.0928. The Morgan fingerprint density at radius 2 is 1.76 bits per heavy atom. The second-order valence-corrected chi connectivity index (χ2v) is 5.23. The molecule has 0 atom stereocenters. The molecule has 1 heterocycles. The van der Waals surface area contributed by atoms with Gasteiger partial charge in [0, 0.05) is 17.7 Å². The normalized spacial score (nSPS) is 13.4. The first-order valence-electron chi connectivity index (χ1n) is 7.43. The molecule has 1 aliphatic rings. The second-order valence-electron chi connectivity index (χ2n) is 5.23. The van der Waals surface area contributed by atoms with E-state index in [4.69, 9.17) is 4.84 Å². The summed E-state index contributed by atoms with van der Waals surface area (Å²) in [7, 11) is 0. The van der Waals surface area contributed by atoms with Crippen LogP contribution in [0.4, 0.5) is 5.69 Å². The zero-order valence-electron chi connectivity index (χ0n) is 13.0. The van der Waals surface area contributed by atoms with Gasteiger partial charge in [0.05, 0.1) is 28.8 Å². The Bertz CT molecular complexity index is 843. The number of oxime groups is 1. The molecule has 0 saturated carbocycles. The van der Waals surface area contributed by atoms with E-state index in [0.29, 0.717) is 16.7 Å². The number of rotatable bonds is 6. The summed E-state index contributed by atoms with van der Waals surface area (Å²) in [5.41, 5.74) is 1.23. The summed E-state index contributed by atoms with van der Waals surface area (Å²) in [5, 5.41) is 14.4. The van der Waals surface area contributed by atoms with E-state index < -0.39 is 4.92 Å². The molecule has 0 unspecified atom stereocenters. The molecule has 0 aromatic heterocycles. The zero-order valence-corrected chi connectivity index (χ0v) is 13.0. The molecule has 8 nitrogen and oxygen atoms in total. The Morgan fingerprint density at radius 3 is 2.40 bits per heavy atom. The molecular weight excluding hydrogens is 326 g/mol. The van der Waals surface area contributed by atoms with Crippen LogP contribution >= 0.6 is 0 Å². The highest BCUT2D eigenvalue weighted by molar-refractivity contribution is 6.21. The topological polar surface area (TPSA) is 102 Å². The van der Waals surface area contributed by atoms with Crippen molar-refractivity contribution in [3.05, 3.63) is 75.3 Å². The van der Waals surface area contributed by atoms with E-state index in [1.165, 1.54) is 24.4 Å². The fraction of sp³-hybridized carbons (Fsp3) is 0.118. The van der Waals surface area contributed by atoms with Crippen molar-refractivity contribution in [1.29, 1.82) is 0 Å². The zero-order chi connectivity index (χ0) is 17.8. The third kappa shape index (κ3) is 3.37. The average molecular weight is 339 g/mol. The van der Waals surface area contributed by atoms with Crippen LogP contribution in [0.5, 0.6) is 0 Å². The second kappa shape index (κ2) is 6.91. The number of hydrogen-bond acceptors (Lipinski definition) is 6. The van der Waals surface area contributed by atoms with Crippen molar-refractivity contribution in [2.45, 2.75) is 0 Å². The first-order chi connectivity index (χ1) is 12.1. The van der Waals surface area contributed by atoms with Crippen LogP contribution in [-0.2, 0) is 4.84 Å². The summed E-state index contributed by atoms with van der Waals surface area (Å²) in [4.78, 5) is 40.6. The molecule has 3 rings (SSSR count). The Labute approximate surface area is 142 Å². The highest BCUT2D eigenvalue weighted by Gasteiger charge is 2.34. The number of nitro groups is 1. The van der Waals surface area contributed by atoms with E-state index in [0.717, 1.165) is 4.90 Å². The number of hydrogen-bond donors (Lipinski definition) is 0. The summed E-state index contributed by atoms with van der Waals surface area (Å²) in [6.07, 6.45) is 1.33. The number of carbonyl (C=O) groups is 2. The van der Waals surface area contributed by atoms with Crippen molar-refractivity contribution in [2.24, 2.45) is 5.16 Å². The molecule has 0 spiro atoms. The predicted octanol–water partition coefficient (Wildman–Crippen LogP) is 2.24. The lowest BCUT2D eigenvalue weighted by atomic mass is 10.1. The van der Waals surface area contributed by atoms with Crippen LogP contribution in [0.1, 0.15) is 26.3 Å². The quantitative estimate of drug-likeness (QED) is 0.264. The molecule has 126 valence electrons. The Hall–Kier alpha value is -3.55. The molecule has 0 N–H and O–H groups in total. The Morgan fingerprint density at radius 1 is 1.08 bits per heavy atom. The number of nitro benzene ring substituents is 1. The number of nitrogens with zero attached hydrogens (tertiary/aromatic N) is 3. The number of imide groups is 1. The smallest absolute Gasteiger partial charge is 0.270 e. The van der Waals surface area contributed by atoms with Gasteiger partial charge in [0.2, 0.25) is 0 Å². The largest absolute Gasteiger partial charge is 0.394 e. The molecule has 1 aliphatic heterocycles. The van der Waals surface area contributed by atoms with Gasteiger partial charge in [-0.05, 0) is 12.1 Å². The summed E-state index contributed by atoms with van der Waals surface area (Å²) >= 11 is 0. The molecule has 2 aromatic carbocycles. The maximum absolute atomic E-state index is 12.1. The minimum atomic E-state index is -0.500. The fourth-order valence-corrected chi connectivity index (χ4v) is 2.44. The van der Waals surface area contributed by atoms with Gasteiger partial charge in [-0.25, -0.2) is 0 Å². The lowest BCUT2D eigenvalue weighted by Gasteiger charge is -2.12. The third-order valence-corrected chi connectivity index (χ3v) is 3.64. The van der Waals surface area contributed by atoms with Gasteiger partial charge in [0.1, 0.15) is 6.61 Å². The van der Waals surface area contributed by atoms with Gasteiger partial charge >= 0.3 is 0 Å². The molecule has 0 saturated heterocycles. The van der Waals surface area contributed by atoms with Crippen molar-refractivity contribution in [3.8, 4) is 0 Å². The molecule has 2 amide bonds. The van der Waals surface area contributed by atoms with E-state index >= 15 is 0 Å². The molecule has 0 fully saturated rings. The van der Waals surface area contributed by atoms with Gasteiger partial charge < -0.3 is 4.84 Å². The highest BCUT2D eigenvalue weighted by Crippen LogP contribution is 2.21. The van der Waals surface area contributed by atoms with Crippen molar-refractivity contribution >= 4 is 23.7 Å².